The molecule has 35 heavy (non-hydrogen) atoms. The van der Waals surface area contributed by atoms with E-state index in [0.717, 1.165) is 33.6 Å². The average molecular weight is 459 g/mol. The summed E-state index contributed by atoms with van der Waals surface area (Å²) in [4.78, 5) is 16.8. The third-order valence-corrected chi connectivity index (χ3v) is 5.91. The molecule has 0 fully saturated rings. The summed E-state index contributed by atoms with van der Waals surface area (Å²) < 4.78 is 7.03. The second-order valence-corrected chi connectivity index (χ2v) is 8.11. The van der Waals surface area contributed by atoms with E-state index in [9.17, 15) is 10.1 Å². The Hall–Kier alpha value is -4.89. The van der Waals surface area contributed by atoms with Crippen LogP contribution < -0.4 is 4.74 Å². The van der Waals surface area contributed by atoms with Gasteiger partial charge in [0.2, 0.25) is 5.78 Å². The number of nitrogens with one attached hydrogen (secondary N) is 1. The number of carbonyl (C=O) groups excluding carboxylic acids is 1. The minimum Gasteiger partial charge on any atom is -0.497 e. The number of ketones is 1. The highest BCUT2D eigenvalue weighted by Crippen LogP contribution is 2.29. The van der Waals surface area contributed by atoms with E-state index in [2.05, 4.69) is 11.1 Å². The van der Waals surface area contributed by atoms with Crippen molar-refractivity contribution >= 4 is 22.8 Å². The second kappa shape index (κ2) is 9.16. The van der Waals surface area contributed by atoms with E-state index in [1.807, 2.05) is 92.0 Å². The van der Waals surface area contributed by atoms with Crippen LogP contribution in [0.4, 0.5) is 0 Å². The molecule has 170 valence electrons. The molecule has 5 rings (SSSR count). The molecule has 0 saturated carbocycles. The van der Waals surface area contributed by atoms with Crippen molar-refractivity contribution in [2.45, 2.75) is 6.92 Å². The summed E-state index contributed by atoms with van der Waals surface area (Å²) in [6.07, 6.45) is 3.46. The van der Waals surface area contributed by atoms with E-state index in [-0.39, 0.29) is 11.4 Å². The number of nitrogens with zero attached hydrogens (tertiary/aromatic N) is 3. The van der Waals surface area contributed by atoms with Crippen LogP contribution in [0.1, 0.15) is 21.6 Å². The maximum atomic E-state index is 13.5. The number of benzene rings is 3. The largest absolute Gasteiger partial charge is 0.497 e. The van der Waals surface area contributed by atoms with Gasteiger partial charge in [-0.05, 0) is 55.5 Å². The number of aromatic amines is 1. The lowest BCUT2D eigenvalue weighted by molar-refractivity contribution is 0.104. The van der Waals surface area contributed by atoms with Crippen molar-refractivity contribution in [1.29, 1.82) is 5.26 Å². The van der Waals surface area contributed by atoms with Gasteiger partial charge in [-0.15, -0.1) is 0 Å². The maximum absolute atomic E-state index is 13.5. The first-order chi connectivity index (χ1) is 17.1. The number of rotatable bonds is 6. The second-order valence-electron chi connectivity index (χ2n) is 8.11. The lowest BCUT2D eigenvalue weighted by Gasteiger charge is -2.03. The van der Waals surface area contributed by atoms with E-state index in [0.29, 0.717) is 16.8 Å². The number of H-pyrrole nitrogens is 1. The topological polar surface area (TPSA) is 83.7 Å². The van der Waals surface area contributed by atoms with Crippen LogP contribution >= 0.6 is 0 Å². The standard InChI is InChI=1S/C29H22N4O2/c1-19-27(25-10-6-7-11-26(25)31-19)29(34)21(17-30)16-22-18-33(23-8-4-3-5-9-23)32-28(22)20-12-14-24(35-2)15-13-20/h3-16,18,31H,1-2H3/b21-16+. The van der Waals surface area contributed by atoms with Crippen molar-refractivity contribution in [3.05, 3.63) is 107 Å². The highest BCUT2D eigenvalue weighted by Gasteiger charge is 2.21. The molecule has 0 aliphatic heterocycles. The van der Waals surface area contributed by atoms with Crippen LogP contribution in [0.3, 0.4) is 0 Å². The Morgan fingerprint density at radius 2 is 1.74 bits per heavy atom. The van der Waals surface area contributed by atoms with Crippen molar-refractivity contribution in [3.63, 3.8) is 0 Å². The Morgan fingerprint density at radius 1 is 1.03 bits per heavy atom. The van der Waals surface area contributed by atoms with Gasteiger partial charge in [0.05, 0.1) is 24.1 Å². The molecule has 0 saturated heterocycles. The van der Waals surface area contributed by atoms with Crippen molar-refractivity contribution in [1.82, 2.24) is 14.8 Å². The van der Waals surface area contributed by atoms with Gasteiger partial charge in [0.25, 0.3) is 0 Å². The number of nitriles is 1. The van der Waals surface area contributed by atoms with Crippen molar-refractivity contribution in [2.24, 2.45) is 0 Å². The smallest absolute Gasteiger partial charge is 0.205 e. The average Bonchev–Trinajstić information content (AvgIpc) is 3.47. The highest BCUT2D eigenvalue weighted by molar-refractivity contribution is 6.20. The zero-order valence-electron chi connectivity index (χ0n) is 19.3. The van der Waals surface area contributed by atoms with Crippen LogP contribution in [0.5, 0.6) is 5.75 Å². The van der Waals surface area contributed by atoms with Gasteiger partial charge in [-0.25, -0.2) is 4.68 Å². The maximum Gasteiger partial charge on any atom is 0.205 e. The molecule has 2 aromatic heterocycles. The van der Waals surface area contributed by atoms with E-state index in [1.54, 1.807) is 17.9 Å². The molecular formula is C29H22N4O2. The third kappa shape index (κ3) is 4.11. The molecule has 0 amide bonds. The van der Waals surface area contributed by atoms with Gasteiger partial charge in [0, 0.05) is 33.9 Å². The summed E-state index contributed by atoms with van der Waals surface area (Å²) in [7, 11) is 1.62. The van der Waals surface area contributed by atoms with Crippen molar-refractivity contribution < 1.29 is 9.53 Å². The van der Waals surface area contributed by atoms with E-state index < -0.39 is 0 Å². The summed E-state index contributed by atoms with van der Waals surface area (Å²) in [5.74, 6) is 0.409. The molecule has 0 atom stereocenters. The minimum atomic E-state index is -0.324. The number of Topliss-reactive ketones (excluding diaryl/α,β-unsaturated/α-hetero) is 1. The Labute approximate surface area is 202 Å². The molecule has 3 aromatic carbocycles. The summed E-state index contributed by atoms with van der Waals surface area (Å²) in [6, 6.07) is 26.9. The number of ether oxygens (including phenoxy) is 1. The zero-order valence-corrected chi connectivity index (χ0v) is 19.3. The van der Waals surface area contributed by atoms with Gasteiger partial charge >= 0.3 is 0 Å². The lowest BCUT2D eigenvalue weighted by Crippen LogP contribution is -2.03. The van der Waals surface area contributed by atoms with Crippen LogP contribution in [0.2, 0.25) is 0 Å². The van der Waals surface area contributed by atoms with Crippen LogP contribution in [0.25, 0.3) is 33.9 Å². The van der Waals surface area contributed by atoms with Crippen LogP contribution in [-0.4, -0.2) is 27.7 Å². The molecule has 0 aliphatic carbocycles. The first kappa shape index (κ1) is 21.9. The van der Waals surface area contributed by atoms with E-state index in [4.69, 9.17) is 9.84 Å². The van der Waals surface area contributed by atoms with Gasteiger partial charge in [-0.1, -0.05) is 36.4 Å². The number of aromatic nitrogens is 3. The van der Waals surface area contributed by atoms with Crippen LogP contribution in [0, 0.1) is 18.3 Å². The van der Waals surface area contributed by atoms with E-state index >= 15 is 0 Å². The molecule has 6 nitrogen and oxygen atoms in total. The normalized spacial score (nSPS) is 11.4. The minimum absolute atomic E-state index is 0.0419. The summed E-state index contributed by atoms with van der Waals surface area (Å²) in [5, 5.41) is 15.6. The summed E-state index contributed by atoms with van der Waals surface area (Å²) in [5.41, 5.74) is 5.19. The molecule has 2 heterocycles. The van der Waals surface area contributed by atoms with Gasteiger partial charge in [0.15, 0.2) is 0 Å². The Morgan fingerprint density at radius 3 is 2.46 bits per heavy atom. The van der Waals surface area contributed by atoms with Crippen LogP contribution in [0.15, 0.2) is 90.6 Å². The molecule has 1 N–H and O–H groups in total. The fourth-order valence-corrected chi connectivity index (χ4v) is 4.19. The molecule has 0 spiro atoms. The summed E-state index contributed by atoms with van der Waals surface area (Å²) in [6.45, 7) is 1.85. The zero-order chi connectivity index (χ0) is 24.4. The quantitative estimate of drug-likeness (QED) is 0.189. The van der Waals surface area contributed by atoms with Gasteiger partial charge < -0.3 is 9.72 Å². The molecule has 0 unspecified atom stereocenters. The molecule has 0 bridgehead atoms. The van der Waals surface area contributed by atoms with Gasteiger partial charge in [0.1, 0.15) is 17.4 Å². The molecule has 6 heteroatoms. The van der Waals surface area contributed by atoms with Crippen LogP contribution in [-0.2, 0) is 0 Å². The van der Waals surface area contributed by atoms with Crippen molar-refractivity contribution in [3.8, 4) is 28.8 Å². The van der Waals surface area contributed by atoms with Gasteiger partial charge in [-0.2, -0.15) is 10.4 Å². The Kier molecular flexibility index (Phi) is 5.74. The molecule has 0 radical (unpaired) electrons. The Balaban J connectivity index is 1.64. The SMILES string of the molecule is COc1ccc(-c2nn(-c3ccccc3)cc2/C=C(\C#N)C(=O)c2c(C)[nH]c3ccccc23)cc1. The fraction of sp³-hybridized carbons (Fsp3) is 0.0690. The Bertz CT molecular complexity index is 1600. The molecule has 0 aliphatic rings. The first-order valence-electron chi connectivity index (χ1n) is 11.1. The number of hydrogen-bond acceptors (Lipinski definition) is 4. The first-order valence-corrected chi connectivity index (χ1v) is 11.1. The third-order valence-electron chi connectivity index (χ3n) is 5.91. The predicted molar refractivity (Wildman–Crippen MR) is 137 cm³/mol. The number of carbonyl (C=O) groups is 1. The number of allylic oxidation sites excluding steroid dienone is 1. The summed E-state index contributed by atoms with van der Waals surface area (Å²) >= 11 is 0. The number of hydrogen-bond donors (Lipinski definition) is 1. The lowest BCUT2D eigenvalue weighted by atomic mass is 9.98. The number of fused-ring (bicyclic) bond motifs is 1. The fourth-order valence-electron chi connectivity index (χ4n) is 4.19. The number of para-hydroxylation sites is 2. The van der Waals surface area contributed by atoms with E-state index in [1.165, 1.54) is 0 Å². The number of aryl methyl sites for hydroxylation is 1. The van der Waals surface area contributed by atoms with Gasteiger partial charge in [-0.3, -0.25) is 4.79 Å². The highest BCUT2D eigenvalue weighted by atomic mass is 16.5. The number of methoxy groups -OCH3 is 1. The van der Waals surface area contributed by atoms with Crippen molar-refractivity contribution in [2.75, 3.05) is 7.11 Å². The monoisotopic (exact) mass is 458 g/mol. The predicted octanol–water partition coefficient (Wildman–Crippen LogP) is 6.13. The molecular weight excluding hydrogens is 436 g/mol. The molecule has 5 aromatic rings.